The summed E-state index contributed by atoms with van der Waals surface area (Å²) in [4.78, 5) is 16.2. The van der Waals surface area contributed by atoms with E-state index in [1.807, 2.05) is 0 Å². The van der Waals surface area contributed by atoms with E-state index in [4.69, 9.17) is 9.47 Å². The predicted octanol–water partition coefficient (Wildman–Crippen LogP) is 3.99. The maximum absolute atomic E-state index is 12.7. The van der Waals surface area contributed by atoms with Gasteiger partial charge < -0.3 is 19.8 Å². The van der Waals surface area contributed by atoms with Crippen LogP contribution < -0.4 is 14.8 Å². The molecule has 1 aromatic heterocycles. The first-order valence-corrected chi connectivity index (χ1v) is 9.33. The highest BCUT2D eigenvalue weighted by atomic mass is 16.5. The van der Waals surface area contributed by atoms with Crippen LogP contribution in [-0.2, 0) is 19.4 Å². The van der Waals surface area contributed by atoms with Crippen molar-refractivity contribution >= 4 is 16.8 Å². The Hall–Kier alpha value is -2.95. The van der Waals surface area contributed by atoms with Gasteiger partial charge in [-0.3, -0.25) is 4.79 Å². The number of methoxy groups -OCH3 is 2. The minimum Gasteiger partial charge on any atom is -0.493 e. The zero-order valence-corrected chi connectivity index (χ0v) is 15.7. The van der Waals surface area contributed by atoms with Crippen molar-refractivity contribution in [1.82, 2.24) is 10.3 Å². The van der Waals surface area contributed by atoms with E-state index in [-0.39, 0.29) is 5.91 Å². The number of amides is 1. The van der Waals surface area contributed by atoms with Gasteiger partial charge >= 0.3 is 0 Å². The summed E-state index contributed by atoms with van der Waals surface area (Å²) in [6.45, 7) is 0.467. The van der Waals surface area contributed by atoms with E-state index in [0.29, 0.717) is 23.6 Å². The van der Waals surface area contributed by atoms with Gasteiger partial charge in [0.2, 0.25) is 0 Å². The molecule has 1 amide bonds. The van der Waals surface area contributed by atoms with Crippen LogP contribution in [0.1, 0.15) is 40.0 Å². The zero-order chi connectivity index (χ0) is 18.8. The molecule has 1 aliphatic rings. The lowest BCUT2D eigenvalue weighted by Crippen LogP contribution is -2.23. The number of carbonyl (C=O) groups is 1. The van der Waals surface area contributed by atoms with Crippen LogP contribution >= 0.6 is 0 Å². The third-order valence-electron chi connectivity index (χ3n) is 5.26. The van der Waals surface area contributed by atoms with Gasteiger partial charge in [0, 0.05) is 23.1 Å². The quantitative estimate of drug-likeness (QED) is 0.719. The molecule has 4 rings (SSSR count). The van der Waals surface area contributed by atoms with Crippen LogP contribution in [0.2, 0.25) is 0 Å². The second kappa shape index (κ2) is 7.35. The molecule has 0 unspecified atom stereocenters. The number of aromatic amines is 1. The van der Waals surface area contributed by atoms with Crippen molar-refractivity contribution in [2.24, 2.45) is 0 Å². The molecular weight excluding hydrogens is 340 g/mol. The summed E-state index contributed by atoms with van der Waals surface area (Å²) in [7, 11) is 3.10. The molecule has 2 N–H and O–H groups in total. The number of fused-ring (bicyclic) bond motifs is 3. The van der Waals surface area contributed by atoms with Gasteiger partial charge in [-0.1, -0.05) is 12.1 Å². The molecule has 3 aromatic rings. The lowest BCUT2D eigenvalue weighted by Gasteiger charge is -2.13. The number of nitrogens with one attached hydrogen (secondary N) is 2. The van der Waals surface area contributed by atoms with E-state index in [1.54, 1.807) is 25.3 Å². The molecule has 1 aliphatic carbocycles. The molecule has 0 fully saturated rings. The lowest BCUT2D eigenvalue weighted by atomic mass is 9.95. The van der Waals surface area contributed by atoms with E-state index in [9.17, 15) is 4.79 Å². The van der Waals surface area contributed by atoms with Crippen LogP contribution in [0.5, 0.6) is 11.5 Å². The highest BCUT2D eigenvalue weighted by molar-refractivity contribution is 5.97. The number of para-hydroxylation sites is 1. The summed E-state index contributed by atoms with van der Waals surface area (Å²) in [5.41, 5.74) is 5.56. The molecular formula is C22H24N2O3. The Bertz CT molecular complexity index is 991. The summed E-state index contributed by atoms with van der Waals surface area (Å²) in [6.07, 6.45) is 4.76. The maximum atomic E-state index is 12.7. The molecule has 2 aromatic carbocycles. The SMILES string of the molecule is COc1cccc(C(=O)NCc2ccc3[nH]c4c(c3c2)CCCC4)c1OC. The highest BCUT2D eigenvalue weighted by Gasteiger charge is 2.17. The second-order valence-corrected chi connectivity index (χ2v) is 6.89. The number of aryl methyl sites for hydroxylation is 2. The van der Waals surface area contributed by atoms with Crippen LogP contribution in [0, 0.1) is 0 Å². The second-order valence-electron chi connectivity index (χ2n) is 6.89. The van der Waals surface area contributed by atoms with Crippen LogP contribution in [-0.4, -0.2) is 25.1 Å². The van der Waals surface area contributed by atoms with Gasteiger partial charge in [0.15, 0.2) is 11.5 Å². The Morgan fingerprint density at radius 1 is 1.11 bits per heavy atom. The summed E-state index contributed by atoms with van der Waals surface area (Å²) < 4.78 is 10.6. The predicted molar refractivity (Wildman–Crippen MR) is 106 cm³/mol. The minimum absolute atomic E-state index is 0.179. The Balaban J connectivity index is 1.54. The number of aromatic nitrogens is 1. The van der Waals surface area contributed by atoms with Crippen molar-refractivity contribution in [2.75, 3.05) is 14.2 Å². The van der Waals surface area contributed by atoms with Crippen LogP contribution in [0.4, 0.5) is 0 Å². The van der Waals surface area contributed by atoms with Gasteiger partial charge in [-0.05, 0) is 61.1 Å². The van der Waals surface area contributed by atoms with E-state index in [2.05, 4.69) is 28.5 Å². The summed E-state index contributed by atoms with van der Waals surface area (Å²) in [5.74, 6) is 0.820. The molecule has 0 saturated heterocycles. The third kappa shape index (κ3) is 3.25. The average molecular weight is 364 g/mol. The van der Waals surface area contributed by atoms with Crippen LogP contribution in [0.15, 0.2) is 36.4 Å². The number of benzene rings is 2. The fraction of sp³-hybridized carbons (Fsp3) is 0.318. The van der Waals surface area contributed by atoms with Gasteiger partial charge in [-0.15, -0.1) is 0 Å². The smallest absolute Gasteiger partial charge is 0.255 e. The number of rotatable bonds is 5. The van der Waals surface area contributed by atoms with E-state index >= 15 is 0 Å². The maximum Gasteiger partial charge on any atom is 0.255 e. The van der Waals surface area contributed by atoms with E-state index in [0.717, 1.165) is 18.4 Å². The highest BCUT2D eigenvalue weighted by Crippen LogP contribution is 2.31. The zero-order valence-electron chi connectivity index (χ0n) is 15.7. The number of H-pyrrole nitrogens is 1. The fourth-order valence-corrected chi connectivity index (χ4v) is 3.91. The van der Waals surface area contributed by atoms with Gasteiger partial charge in [0.05, 0.1) is 19.8 Å². The van der Waals surface area contributed by atoms with E-state index in [1.165, 1.54) is 42.1 Å². The molecule has 0 saturated carbocycles. The third-order valence-corrected chi connectivity index (χ3v) is 5.26. The lowest BCUT2D eigenvalue weighted by molar-refractivity contribution is 0.0947. The molecule has 0 bridgehead atoms. The van der Waals surface area contributed by atoms with Crippen molar-refractivity contribution in [3.63, 3.8) is 0 Å². The van der Waals surface area contributed by atoms with Gasteiger partial charge in [0.25, 0.3) is 5.91 Å². The number of carbonyl (C=O) groups excluding carboxylic acids is 1. The molecule has 0 aliphatic heterocycles. The Morgan fingerprint density at radius 3 is 2.78 bits per heavy atom. The largest absolute Gasteiger partial charge is 0.493 e. The van der Waals surface area contributed by atoms with Crippen molar-refractivity contribution in [2.45, 2.75) is 32.2 Å². The monoisotopic (exact) mass is 364 g/mol. The Morgan fingerprint density at radius 2 is 1.96 bits per heavy atom. The molecule has 5 nitrogen and oxygen atoms in total. The van der Waals surface area contributed by atoms with Gasteiger partial charge in [-0.2, -0.15) is 0 Å². The summed E-state index contributed by atoms with van der Waals surface area (Å²) in [5, 5.41) is 4.28. The van der Waals surface area contributed by atoms with Crippen molar-refractivity contribution < 1.29 is 14.3 Å². The first-order valence-electron chi connectivity index (χ1n) is 9.33. The molecule has 0 atom stereocenters. The molecule has 140 valence electrons. The van der Waals surface area contributed by atoms with Gasteiger partial charge in [-0.25, -0.2) is 0 Å². The first kappa shape index (κ1) is 17.5. The topological polar surface area (TPSA) is 63.3 Å². The molecule has 0 radical (unpaired) electrons. The Labute approximate surface area is 158 Å². The van der Waals surface area contributed by atoms with E-state index < -0.39 is 0 Å². The summed E-state index contributed by atoms with van der Waals surface area (Å²) >= 11 is 0. The number of ether oxygens (including phenoxy) is 2. The van der Waals surface area contributed by atoms with Crippen LogP contribution in [0.3, 0.4) is 0 Å². The molecule has 27 heavy (non-hydrogen) atoms. The molecule has 5 heteroatoms. The fourth-order valence-electron chi connectivity index (χ4n) is 3.91. The van der Waals surface area contributed by atoms with Crippen LogP contribution in [0.25, 0.3) is 10.9 Å². The summed E-state index contributed by atoms with van der Waals surface area (Å²) in [6, 6.07) is 11.7. The average Bonchev–Trinajstić information content (AvgIpc) is 3.09. The van der Waals surface area contributed by atoms with Crippen molar-refractivity contribution in [3.05, 3.63) is 58.8 Å². The number of hydrogen-bond donors (Lipinski definition) is 2. The van der Waals surface area contributed by atoms with Crippen molar-refractivity contribution in [3.8, 4) is 11.5 Å². The standard InChI is InChI=1S/C22H24N2O3/c1-26-20-9-5-7-16(21(20)27-2)22(25)23-13-14-10-11-19-17(12-14)15-6-3-4-8-18(15)24-19/h5,7,9-12,24H,3-4,6,8,13H2,1-2H3,(H,23,25). The molecule has 1 heterocycles. The number of hydrogen-bond acceptors (Lipinski definition) is 3. The normalized spacial score (nSPS) is 13.3. The molecule has 0 spiro atoms. The van der Waals surface area contributed by atoms with Crippen molar-refractivity contribution in [1.29, 1.82) is 0 Å². The van der Waals surface area contributed by atoms with Gasteiger partial charge in [0.1, 0.15) is 0 Å². The minimum atomic E-state index is -0.179. The first-order chi connectivity index (χ1) is 13.2. The Kier molecular flexibility index (Phi) is 4.75.